The number of aliphatic carboxylic acids is 1. The zero-order valence-electron chi connectivity index (χ0n) is 9.91. The molecule has 2 fully saturated rings. The summed E-state index contributed by atoms with van der Waals surface area (Å²) in [6.07, 6.45) is 4.09. The molecule has 1 amide bonds. The van der Waals surface area contributed by atoms with Gasteiger partial charge in [0.2, 0.25) is 5.91 Å². The van der Waals surface area contributed by atoms with Gasteiger partial charge in [-0.1, -0.05) is 6.42 Å². The lowest BCUT2D eigenvalue weighted by atomic mass is 9.66. The molecule has 2 aliphatic rings. The third-order valence-electron chi connectivity index (χ3n) is 3.88. The Morgan fingerprint density at radius 2 is 2.18 bits per heavy atom. The second-order valence-electron chi connectivity index (χ2n) is 5.20. The molecule has 1 saturated heterocycles. The van der Waals surface area contributed by atoms with Gasteiger partial charge in [-0.2, -0.15) is 11.8 Å². The van der Waals surface area contributed by atoms with E-state index in [1.165, 1.54) is 0 Å². The Balaban J connectivity index is 1.79. The predicted molar refractivity (Wildman–Crippen MR) is 67.0 cm³/mol. The Morgan fingerprint density at radius 1 is 1.41 bits per heavy atom. The van der Waals surface area contributed by atoms with Gasteiger partial charge in [-0.05, 0) is 30.4 Å². The molecule has 0 radical (unpaired) electrons. The summed E-state index contributed by atoms with van der Waals surface area (Å²) in [5.74, 6) is 1.49. The molecule has 1 saturated carbocycles. The van der Waals surface area contributed by atoms with E-state index in [1.807, 2.05) is 11.8 Å². The van der Waals surface area contributed by atoms with Gasteiger partial charge in [-0.15, -0.1) is 0 Å². The summed E-state index contributed by atoms with van der Waals surface area (Å²) >= 11 is 1.82. The van der Waals surface area contributed by atoms with Gasteiger partial charge in [-0.3, -0.25) is 9.59 Å². The first-order valence-corrected chi connectivity index (χ1v) is 7.34. The summed E-state index contributed by atoms with van der Waals surface area (Å²) in [5, 5.41) is 11.8. The van der Waals surface area contributed by atoms with E-state index in [0.717, 1.165) is 37.2 Å². The van der Waals surface area contributed by atoms with E-state index >= 15 is 0 Å². The molecule has 0 bridgehead atoms. The highest BCUT2D eigenvalue weighted by atomic mass is 32.2. The van der Waals surface area contributed by atoms with Gasteiger partial charge in [0.25, 0.3) is 0 Å². The second-order valence-corrected chi connectivity index (χ2v) is 6.35. The monoisotopic (exact) mass is 257 g/mol. The van der Waals surface area contributed by atoms with Crippen LogP contribution in [0.5, 0.6) is 0 Å². The molecule has 1 heterocycles. The second kappa shape index (κ2) is 5.29. The summed E-state index contributed by atoms with van der Waals surface area (Å²) in [5.41, 5.74) is -0.159. The maximum absolute atomic E-state index is 11.8. The lowest BCUT2D eigenvalue weighted by molar-refractivity contribution is -0.142. The zero-order valence-corrected chi connectivity index (χ0v) is 10.7. The van der Waals surface area contributed by atoms with E-state index in [1.54, 1.807) is 0 Å². The molecule has 0 aromatic rings. The summed E-state index contributed by atoms with van der Waals surface area (Å²) in [6.45, 7) is 0.541. The number of thioether (sulfide) groups is 1. The van der Waals surface area contributed by atoms with E-state index in [-0.39, 0.29) is 23.7 Å². The minimum atomic E-state index is -0.754. The van der Waals surface area contributed by atoms with Gasteiger partial charge in [0.05, 0.1) is 6.42 Å². The van der Waals surface area contributed by atoms with Crippen LogP contribution < -0.4 is 5.32 Å². The largest absolute Gasteiger partial charge is 0.481 e. The molecular formula is C12H19NO3S. The smallest absolute Gasteiger partial charge is 0.303 e. The fourth-order valence-corrected chi connectivity index (χ4v) is 3.79. The Bertz CT molecular complexity index is 309. The number of hydrogen-bond donors (Lipinski definition) is 2. The maximum atomic E-state index is 11.8. The van der Waals surface area contributed by atoms with Crippen molar-refractivity contribution < 1.29 is 14.7 Å². The first-order valence-electron chi connectivity index (χ1n) is 6.19. The summed E-state index contributed by atoms with van der Waals surface area (Å²) in [4.78, 5) is 22.6. The van der Waals surface area contributed by atoms with E-state index in [9.17, 15) is 9.59 Å². The minimum Gasteiger partial charge on any atom is -0.481 e. The average Bonchev–Trinajstić information content (AvgIpc) is 2.74. The third-order valence-corrected chi connectivity index (χ3v) is 5.04. The number of carbonyl (C=O) groups is 2. The third kappa shape index (κ3) is 3.15. The van der Waals surface area contributed by atoms with Crippen molar-refractivity contribution in [2.24, 2.45) is 11.3 Å². The first kappa shape index (κ1) is 12.7. The number of carbonyl (C=O) groups excluding carboxylic acids is 1. The highest BCUT2D eigenvalue weighted by Gasteiger charge is 2.39. The highest BCUT2D eigenvalue weighted by Crippen LogP contribution is 2.43. The quantitative estimate of drug-likeness (QED) is 0.783. The summed E-state index contributed by atoms with van der Waals surface area (Å²) in [6, 6.07) is 0. The van der Waals surface area contributed by atoms with Crippen molar-refractivity contribution in [3.63, 3.8) is 0 Å². The van der Waals surface area contributed by atoms with Crippen molar-refractivity contribution >= 4 is 23.6 Å². The topological polar surface area (TPSA) is 66.4 Å². The number of nitrogens with one attached hydrogen (secondary N) is 1. The molecule has 1 aliphatic carbocycles. The van der Waals surface area contributed by atoms with Crippen LogP contribution in [-0.2, 0) is 9.59 Å². The zero-order chi connectivity index (χ0) is 12.3. The molecule has 2 rings (SSSR count). The normalized spacial score (nSPS) is 26.2. The molecule has 17 heavy (non-hydrogen) atoms. The standard InChI is InChI=1S/C12H19NO3S/c14-10(15)6-12(3-1-4-12)8-13-11(16)9-2-5-17-7-9/h9H,1-8H2,(H,13,16)(H,14,15). The molecule has 0 spiro atoms. The fourth-order valence-electron chi connectivity index (χ4n) is 2.57. The van der Waals surface area contributed by atoms with Gasteiger partial charge >= 0.3 is 5.97 Å². The summed E-state index contributed by atoms with van der Waals surface area (Å²) < 4.78 is 0. The maximum Gasteiger partial charge on any atom is 0.303 e. The van der Waals surface area contributed by atoms with Crippen LogP contribution in [0, 0.1) is 11.3 Å². The molecule has 96 valence electrons. The van der Waals surface area contributed by atoms with Gasteiger partial charge < -0.3 is 10.4 Å². The SMILES string of the molecule is O=C(O)CC1(CNC(=O)C2CCSC2)CCC1. The molecule has 1 aliphatic heterocycles. The van der Waals surface area contributed by atoms with E-state index < -0.39 is 5.97 Å². The van der Waals surface area contributed by atoms with Gasteiger partial charge in [0.15, 0.2) is 0 Å². The number of amides is 1. The van der Waals surface area contributed by atoms with Crippen LogP contribution >= 0.6 is 11.8 Å². The van der Waals surface area contributed by atoms with Crippen LogP contribution in [0.15, 0.2) is 0 Å². The van der Waals surface area contributed by atoms with Crippen LogP contribution in [0.3, 0.4) is 0 Å². The Kier molecular flexibility index (Phi) is 3.97. The lowest BCUT2D eigenvalue weighted by Gasteiger charge is -2.41. The molecule has 1 unspecified atom stereocenters. The van der Waals surface area contributed by atoms with Crippen molar-refractivity contribution in [2.45, 2.75) is 32.1 Å². The van der Waals surface area contributed by atoms with Gasteiger partial charge in [-0.25, -0.2) is 0 Å². The Morgan fingerprint density at radius 3 is 2.65 bits per heavy atom. The van der Waals surface area contributed by atoms with Gasteiger partial charge in [0.1, 0.15) is 0 Å². The van der Waals surface area contributed by atoms with E-state index in [0.29, 0.717) is 6.54 Å². The van der Waals surface area contributed by atoms with E-state index in [4.69, 9.17) is 5.11 Å². The molecular weight excluding hydrogens is 238 g/mol. The Hall–Kier alpha value is -0.710. The number of carboxylic acid groups (broad SMARTS) is 1. The minimum absolute atomic E-state index is 0.117. The molecule has 0 aromatic carbocycles. The molecule has 0 aromatic heterocycles. The van der Waals surface area contributed by atoms with Crippen molar-refractivity contribution in [3.8, 4) is 0 Å². The first-order chi connectivity index (χ1) is 8.11. The highest BCUT2D eigenvalue weighted by molar-refractivity contribution is 7.99. The fraction of sp³-hybridized carbons (Fsp3) is 0.833. The molecule has 5 heteroatoms. The van der Waals surface area contributed by atoms with Crippen LogP contribution in [-0.4, -0.2) is 35.0 Å². The lowest BCUT2D eigenvalue weighted by Crippen LogP contribution is -2.45. The summed E-state index contributed by atoms with van der Waals surface area (Å²) in [7, 11) is 0. The Labute approximate surface area is 106 Å². The molecule has 1 atom stereocenters. The van der Waals surface area contributed by atoms with Crippen LogP contribution in [0.2, 0.25) is 0 Å². The van der Waals surface area contributed by atoms with Crippen molar-refractivity contribution in [1.82, 2.24) is 5.32 Å². The van der Waals surface area contributed by atoms with Gasteiger partial charge in [0, 0.05) is 18.2 Å². The number of carboxylic acids is 1. The van der Waals surface area contributed by atoms with Crippen molar-refractivity contribution in [3.05, 3.63) is 0 Å². The van der Waals surface area contributed by atoms with Crippen LogP contribution in [0.25, 0.3) is 0 Å². The average molecular weight is 257 g/mol. The number of hydrogen-bond acceptors (Lipinski definition) is 3. The van der Waals surface area contributed by atoms with Crippen molar-refractivity contribution in [2.75, 3.05) is 18.1 Å². The van der Waals surface area contributed by atoms with Crippen molar-refractivity contribution in [1.29, 1.82) is 0 Å². The molecule has 4 nitrogen and oxygen atoms in total. The predicted octanol–water partition coefficient (Wildman–Crippen LogP) is 1.50. The van der Waals surface area contributed by atoms with E-state index in [2.05, 4.69) is 5.32 Å². The van der Waals surface area contributed by atoms with Crippen LogP contribution in [0.1, 0.15) is 32.1 Å². The van der Waals surface area contributed by atoms with Crippen LogP contribution in [0.4, 0.5) is 0 Å². The number of rotatable bonds is 5. The molecule has 2 N–H and O–H groups in total.